The molecule has 0 radical (unpaired) electrons. The molecule has 0 aliphatic heterocycles. The van der Waals surface area contributed by atoms with Crippen molar-refractivity contribution in [3.8, 4) is 0 Å². The summed E-state index contributed by atoms with van der Waals surface area (Å²) in [6.07, 6.45) is 4.01. The van der Waals surface area contributed by atoms with Crippen molar-refractivity contribution in [1.82, 2.24) is 0 Å². The Bertz CT molecular complexity index is 624. The molecule has 2 atom stereocenters. The lowest BCUT2D eigenvalue weighted by molar-refractivity contribution is -0.152. The maximum atomic E-state index is 12.2. The lowest BCUT2D eigenvalue weighted by Crippen LogP contribution is -2.39. The summed E-state index contributed by atoms with van der Waals surface area (Å²) >= 11 is 3.31. The van der Waals surface area contributed by atoms with Gasteiger partial charge in [0.2, 0.25) is 0 Å². The molecule has 23 heavy (non-hydrogen) atoms. The number of esters is 1. The highest BCUT2D eigenvalue weighted by Crippen LogP contribution is 2.40. The van der Waals surface area contributed by atoms with Crippen LogP contribution in [0.3, 0.4) is 0 Å². The van der Waals surface area contributed by atoms with Crippen LogP contribution in [0.4, 0.5) is 0 Å². The molecule has 0 spiro atoms. The van der Waals surface area contributed by atoms with Crippen molar-refractivity contribution in [3.05, 3.63) is 34.3 Å². The highest BCUT2D eigenvalue weighted by Gasteiger charge is 2.41. The fourth-order valence-corrected chi connectivity index (χ4v) is 4.07. The SMILES string of the molecule is O=C(COC(=O)C1C[C@H]2CCC[C@H](C1)C2=O)c1cccc(Br)c1. The van der Waals surface area contributed by atoms with E-state index < -0.39 is 0 Å². The van der Waals surface area contributed by atoms with Crippen LogP contribution < -0.4 is 0 Å². The zero-order chi connectivity index (χ0) is 16.4. The van der Waals surface area contributed by atoms with Gasteiger partial charge < -0.3 is 4.74 Å². The number of carbonyl (C=O) groups is 3. The molecule has 0 heterocycles. The summed E-state index contributed by atoms with van der Waals surface area (Å²) < 4.78 is 6.04. The van der Waals surface area contributed by atoms with E-state index in [0.29, 0.717) is 24.2 Å². The van der Waals surface area contributed by atoms with Crippen molar-refractivity contribution >= 4 is 33.5 Å². The number of halogens is 1. The second-order valence-electron chi connectivity index (χ2n) is 6.44. The topological polar surface area (TPSA) is 60.4 Å². The zero-order valence-corrected chi connectivity index (χ0v) is 14.4. The number of Topliss-reactive ketones (excluding diaryl/α,β-unsaturated/α-hetero) is 2. The Kier molecular flexibility index (Phi) is 4.95. The number of rotatable bonds is 4. The Hall–Kier alpha value is -1.49. The van der Waals surface area contributed by atoms with E-state index >= 15 is 0 Å². The van der Waals surface area contributed by atoms with Gasteiger partial charge in [0.1, 0.15) is 5.78 Å². The van der Waals surface area contributed by atoms with Crippen LogP contribution in [0.25, 0.3) is 0 Å². The van der Waals surface area contributed by atoms with Crippen LogP contribution in [0.5, 0.6) is 0 Å². The molecule has 0 saturated heterocycles. The molecule has 0 aromatic heterocycles. The molecule has 0 amide bonds. The van der Waals surface area contributed by atoms with Crippen LogP contribution in [0.1, 0.15) is 42.5 Å². The normalized spacial score (nSPS) is 26.7. The van der Waals surface area contributed by atoms with Gasteiger partial charge in [-0.15, -0.1) is 0 Å². The third-order valence-corrected chi connectivity index (χ3v) is 5.37. The summed E-state index contributed by atoms with van der Waals surface area (Å²) in [4.78, 5) is 36.4. The standard InChI is InChI=1S/C18H19BrO4/c19-15-6-2-3-11(9-15)16(20)10-23-18(22)14-7-12-4-1-5-13(8-14)17(12)21/h2-3,6,9,12-14H,1,4-5,7-8,10H2/t12-,13-/m1/s1. The number of carbonyl (C=O) groups excluding carboxylic acids is 3. The van der Waals surface area contributed by atoms with Gasteiger partial charge in [-0.05, 0) is 37.8 Å². The van der Waals surface area contributed by atoms with Crippen LogP contribution in [-0.4, -0.2) is 24.1 Å². The predicted molar refractivity (Wildman–Crippen MR) is 88.0 cm³/mol. The maximum Gasteiger partial charge on any atom is 0.309 e. The quantitative estimate of drug-likeness (QED) is 0.593. The van der Waals surface area contributed by atoms with E-state index in [9.17, 15) is 14.4 Å². The van der Waals surface area contributed by atoms with E-state index in [1.54, 1.807) is 18.2 Å². The summed E-state index contributed by atoms with van der Waals surface area (Å²) in [5.74, 6) is -0.435. The van der Waals surface area contributed by atoms with Crippen LogP contribution in [0.15, 0.2) is 28.7 Å². The van der Waals surface area contributed by atoms with Gasteiger partial charge in [-0.3, -0.25) is 14.4 Å². The minimum absolute atomic E-state index is 0.0147. The van der Waals surface area contributed by atoms with Gasteiger partial charge in [-0.25, -0.2) is 0 Å². The average molecular weight is 379 g/mol. The minimum atomic E-state index is -0.335. The molecule has 0 N–H and O–H groups in total. The summed E-state index contributed by atoms with van der Waals surface area (Å²) in [6, 6.07) is 7.01. The Labute approximate surface area is 143 Å². The smallest absolute Gasteiger partial charge is 0.309 e. The number of fused-ring (bicyclic) bond motifs is 2. The predicted octanol–water partition coefficient (Wildman–Crippen LogP) is 3.57. The summed E-state index contributed by atoms with van der Waals surface area (Å²) in [5.41, 5.74) is 0.517. The van der Waals surface area contributed by atoms with E-state index in [-0.39, 0.29) is 36.1 Å². The molecular formula is C18H19BrO4. The highest BCUT2D eigenvalue weighted by molar-refractivity contribution is 9.10. The van der Waals surface area contributed by atoms with Crippen LogP contribution >= 0.6 is 15.9 Å². The van der Waals surface area contributed by atoms with Gasteiger partial charge >= 0.3 is 5.97 Å². The average Bonchev–Trinajstić information content (AvgIpc) is 2.52. The maximum absolute atomic E-state index is 12.2. The molecule has 122 valence electrons. The van der Waals surface area contributed by atoms with Gasteiger partial charge in [0, 0.05) is 21.9 Å². The van der Waals surface area contributed by atoms with E-state index in [0.717, 1.165) is 23.7 Å². The van der Waals surface area contributed by atoms with Gasteiger partial charge in [0.15, 0.2) is 12.4 Å². The van der Waals surface area contributed by atoms with Gasteiger partial charge in [-0.2, -0.15) is 0 Å². The zero-order valence-electron chi connectivity index (χ0n) is 12.8. The van der Waals surface area contributed by atoms with Gasteiger partial charge in [0.25, 0.3) is 0 Å². The monoisotopic (exact) mass is 378 g/mol. The number of hydrogen-bond acceptors (Lipinski definition) is 4. The van der Waals surface area contributed by atoms with Crippen LogP contribution in [0.2, 0.25) is 0 Å². The molecule has 4 nitrogen and oxygen atoms in total. The Morgan fingerprint density at radius 2 is 1.87 bits per heavy atom. The second-order valence-corrected chi connectivity index (χ2v) is 7.35. The van der Waals surface area contributed by atoms with Crippen molar-refractivity contribution in [1.29, 1.82) is 0 Å². The molecule has 1 aromatic rings. The van der Waals surface area contributed by atoms with Crippen molar-refractivity contribution in [2.24, 2.45) is 17.8 Å². The number of benzene rings is 1. The number of ketones is 2. The molecule has 2 fully saturated rings. The minimum Gasteiger partial charge on any atom is -0.457 e. The van der Waals surface area contributed by atoms with Gasteiger partial charge in [-0.1, -0.05) is 34.5 Å². The van der Waals surface area contributed by atoms with Gasteiger partial charge in [0.05, 0.1) is 5.92 Å². The lowest BCUT2D eigenvalue weighted by atomic mass is 9.67. The fraction of sp³-hybridized carbons (Fsp3) is 0.500. The third-order valence-electron chi connectivity index (χ3n) is 4.87. The first kappa shape index (κ1) is 16.4. The largest absolute Gasteiger partial charge is 0.457 e. The van der Waals surface area contributed by atoms with E-state index in [4.69, 9.17) is 4.74 Å². The van der Waals surface area contributed by atoms with Crippen molar-refractivity contribution in [3.63, 3.8) is 0 Å². The van der Waals surface area contributed by atoms with E-state index in [1.807, 2.05) is 6.07 Å². The molecule has 2 aliphatic rings. The molecule has 2 bridgehead atoms. The second kappa shape index (κ2) is 6.95. The molecule has 5 heteroatoms. The highest BCUT2D eigenvalue weighted by atomic mass is 79.9. The summed E-state index contributed by atoms with van der Waals surface area (Å²) in [5, 5.41) is 0. The molecule has 1 aromatic carbocycles. The Balaban J connectivity index is 1.55. The third kappa shape index (κ3) is 3.71. The Morgan fingerprint density at radius 1 is 1.17 bits per heavy atom. The fourth-order valence-electron chi connectivity index (χ4n) is 3.67. The van der Waals surface area contributed by atoms with E-state index in [1.165, 1.54) is 0 Å². The first-order valence-corrected chi connectivity index (χ1v) is 8.83. The summed E-state index contributed by atoms with van der Waals surface area (Å²) in [7, 11) is 0. The first-order valence-electron chi connectivity index (χ1n) is 8.03. The van der Waals surface area contributed by atoms with E-state index in [2.05, 4.69) is 15.9 Å². The molecule has 0 unspecified atom stereocenters. The van der Waals surface area contributed by atoms with Crippen LogP contribution in [-0.2, 0) is 14.3 Å². The lowest BCUT2D eigenvalue weighted by Gasteiger charge is -2.36. The first-order chi connectivity index (χ1) is 11.0. The Morgan fingerprint density at radius 3 is 2.52 bits per heavy atom. The van der Waals surface area contributed by atoms with Crippen LogP contribution in [0, 0.1) is 17.8 Å². The number of hydrogen-bond donors (Lipinski definition) is 0. The number of ether oxygens (including phenoxy) is 1. The molecule has 2 aliphatic carbocycles. The van der Waals surface area contributed by atoms with Crippen molar-refractivity contribution < 1.29 is 19.1 Å². The molecule has 3 rings (SSSR count). The van der Waals surface area contributed by atoms with Crippen molar-refractivity contribution in [2.45, 2.75) is 32.1 Å². The molecule has 2 saturated carbocycles. The summed E-state index contributed by atoms with van der Waals surface area (Å²) in [6.45, 7) is -0.241. The van der Waals surface area contributed by atoms with Crippen molar-refractivity contribution in [2.75, 3.05) is 6.61 Å². The molecular weight excluding hydrogens is 360 g/mol.